The molecular formula is C37H55ClN6O3S. The number of anilines is 2. The van der Waals surface area contributed by atoms with Crippen LogP contribution in [0, 0.1) is 0 Å². The molecule has 0 radical (unpaired) electrons. The van der Waals surface area contributed by atoms with E-state index < -0.39 is 10.0 Å². The van der Waals surface area contributed by atoms with Gasteiger partial charge in [0.1, 0.15) is 10.8 Å². The Bertz CT molecular complexity index is 1640. The number of hydrogen-bond acceptors (Lipinski definition) is 6. The highest BCUT2D eigenvalue weighted by atomic mass is 35.5. The molecule has 0 aliphatic carbocycles. The minimum Gasteiger partial charge on any atom is -0.473 e. The number of benzene rings is 2. The van der Waals surface area contributed by atoms with Crippen LogP contribution in [0.15, 0.2) is 48.5 Å². The van der Waals surface area contributed by atoms with Crippen LogP contribution in [0.5, 0.6) is 5.75 Å². The van der Waals surface area contributed by atoms with Crippen LogP contribution in [0.3, 0.4) is 0 Å². The smallest absolute Gasteiger partial charge is 0.232 e. The molecule has 11 heteroatoms. The number of fused-ring (bicyclic) bond motifs is 1. The number of hydrogen-bond donors (Lipinski definition) is 3. The first-order chi connectivity index (χ1) is 23.1. The second-order valence-corrected chi connectivity index (χ2v) is 16.0. The van der Waals surface area contributed by atoms with Crippen molar-refractivity contribution in [3.05, 3.63) is 59.2 Å². The van der Waals surface area contributed by atoms with E-state index in [4.69, 9.17) is 16.3 Å². The summed E-state index contributed by atoms with van der Waals surface area (Å²) in [5, 5.41) is 11.6. The Balaban J connectivity index is 1.12. The first-order valence-electron chi connectivity index (χ1n) is 17.8. The molecular weight excluding hydrogens is 644 g/mol. The van der Waals surface area contributed by atoms with E-state index in [0.717, 1.165) is 29.8 Å². The average molecular weight is 699 g/mol. The summed E-state index contributed by atoms with van der Waals surface area (Å²) in [6, 6.07) is 14.8. The molecule has 0 amide bonds. The number of aromatic nitrogens is 4. The third-order valence-electron chi connectivity index (χ3n) is 8.52. The van der Waals surface area contributed by atoms with Crippen LogP contribution in [0.4, 0.5) is 11.4 Å². The lowest BCUT2D eigenvalue weighted by Gasteiger charge is -2.16. The van der Waals surface area contributed by atoms with Gasteiger partial charge in [-0.25, -0.2) is 13.4 Å². The SMILES string of the molecule is CCCCCCCCCCCCCCCCS(=O)(=O)Nc1cccc(OCNc2ccc(-c3nc4c(Cl)c(C(C)(C)C)[nH]n4n3)cc2)c1. The monoisotopic (exact) mass is 698 g/mol. The van der Waals surface area contributed by atoms with E-state index in [0.29, 0.717) is 34.4 Å². The van der Waals surface area contributed by atoms with Crippen LogP contribution in [0.25, 0.3) is 17.0 Å². The van der Waals surface area contributed by atoms with Crippen LogP contribution < -0.4 is 14.8 Å². The van der Waals surface area contributed by atoms with Gasteiger partial charge < -0.3 is 10.1 Å². The summed E-state index contributed by atoms with van der Waals surface area (Å²) in [6.07, 6.45) is 17.3. The summed E-state index contributed by atoms with van der Waals surface area (Å²) < 4.78 is 35.5. The largest absolute Gasteiger partial charge is 0.473 e. The van der Waals surface area contributed by atoms with E-state index in [2.05, 4.69) is 52.9 Å². The molecule has 0 bridgehead atoms. The highest BCUT2D eigenvalue weighted by molar-refractivity contribution is 7.92. The molecule has 0 saturated heterocycles. The highest BCUT2D eigenvalue weighted by Gasteiger charge is 2.24. The summed E-state index contributed by atoms with van der Waals surface area (Å²) in [6.45, 7) is 8.73. The third-order valence-corrected chi connectivity index (χ3v) is 10.3. The topological polar surface area (TPSA) is 113 Å². The van der Waals surface area contributed by atoms with Gasteiger partial charge >= 0.3 is 0 Å². The molecule has 0 atom stereocenters. The number of nitrogens with zero attached hydrogens (tertiary/aromatic N) is 3. The van der Waals surface area contributed by atoms with E-state index in [1.165, 1.54) is 70.6 Å². The Hall–Kier alpha value is -3.24. The molecule has 264 valence electrons. The predicted octanol–water partition coefficient (Wildman–Crippen LogP) is 10.3. The van der Waals surface area contributed by atoms with Crippen molar-refractivity contribution in [2.75, 3.05) is 22.5 Å². The van der Waals surface area contributed by atoms with Gasteiger partial charge in [0.25, 0.3) is 0 Å². The number of unbranched alkanes of at least 4 members (excludes halogenated alkanes) is 13. The normalized spacial score (nSPS) is 12.1. The summed E-state index contributed by atoms with van der Waals surface area (Å²) in [7, 11) is -3.42. The zero-order valence-electron chi connectivity index (χ0n) is 29.3. The lowest BCUT2D eigenvalue weighted by Crippen LogP contribution is -2.16. The molecule has 2 aromatic heterocycles. The number of H-pyrrole nitrogens is 1. The van der Waals surface area contributed by atoms with Gasteiger partial charge in [-0.3, -0.25) is 9.82 Å². The fraction of sp³-hybridized carbons (Fsp3) is 0.568. The molecule has 9 nitrogen and oxygen atoms in total. The van der Waals surface area contributed by atoms with Gasteiger partial charge in [0.15, 0.2) is 18.2 Å². The Kier molecular flexibility index (Phi) is 14.5. The third kappa shape index (κ3) is 12.0. The van der Waals surface area contributed by atoms with Crippen molar-refractivity contribution in [3.63, 3.8) is 0 Å². The van der Waals surface area contributed by atoms with Crippen molar-refractivity contribution in [1.29, 1.82) is 0 Å². The zero-order chi connectivity index (χ0) is 34.4. The zero-order valence-corrected chi connectivity index (χ0v) is 30.9. The Morgan fingerprint density at radius 2 is 1.44 bits per heavy atom. The number of aromatic amines is 1. The van der Waals surface area contributed by atoms with Crippen molar-refractivity contribution < 1.29 is 13.2 Å². The second kappa shape index (κ2) is 18.5. The standard InChI is InChI=1S/C37H55ClN6O3S/c1-5-6-7-8-9-10-11-12-13-14-15-16-17-18-26-48(45,46)43-31-20-19-21-32(27-31)47-28-39-30-24-22-29(23-25-30)35-40-36-33(38)34(37(2,3)4)41-44(36)42-35/h19-25,27,39,41,43H,5-18,26,28H2,1-4H3. The van der Waals surface area contributed by atoms with E-state index in [9.17, 15) is 8.42 Å². The maximum atomic E-state index is 12.7. The molecule has 0 spiro atoms. The number of nitrogens with one attached hydrogen (secondary N) is 3. The van der Waals surface area contributed by atoms with Crippen molar-refractivity contribution >= 4 is 38.6 Å². The number of rotatable bonds is 22. The molecule has 48 heavy (non-hydrogen) atoms. The predicted molar refractivity (Wildman–Crippen MR) is 200 cm³/mol. The molecule has 0 saturated carbocycles. The van der Waals surface area contributed by atoms with Gasteiger partial charge in [-0.1, -0.05) is 129 Å². The minimum absolute atomic E-state index is 0.128. The molecule has 2 heterocycles. The molecule has 0 fully saturated rings. The van der Waals surface area contributed by atoms with Crippen LogP contribution in [0.2, 0.25) is 5.02 Å². The highest BCUT2D eigenvalue weighted by Crippen LogP contribution is 2.32. The first-order valence-corrected chi connectivity index (χ1v) is 19.8. The molecule has 3 N–H and O–H groups in total. The second-order valence-electron chi connectivity index (χ2n) is 13.8. The van der Waals surface area contributed by atoms with Crippen LogP contribution in [0.1, 0.15) is 123 Å². The number of sulfonamides is 1. The van der Waals surface area contributed by atoms with E-state index in [-0.39, 0.29) is 17.9 Å². The average Bonchev–Trinajstić information content (AvgIpc) is 3.61. The van der Waals surface area contributed by atoms with Crippen molar-refractivity contribution in [2.24, 2.45) is 0 Å². The lowest BCUT2D eigenvalue weighted by molar-refractivity contribution is 0.347. The van der Waals surface area contributed by atoms with Gasteiger partial charge in [-0.05, 0) is 42.8 Å². The molecule has 0 aliphatic rings. The van der Waals surface area contributed by atoms with Crippen molar-refractivity contribution in [2.45, 2.75) is 123 Å². The Labute approximate surface area is 292 Å². The van der Waals surface area contributed by atoms with Gasteiger partial charge in [0.2, 0.25) is 10.0 Å². The molecule has 4 aromatic rings. The molecule has 4 rings (SSSR count). The fourth-order valence-electron chi connectivity index (χ4n) is 5.72. The lowest BCUT2D eigenvalue weighted by atomic mass is 9.92. The van der Waals surface area contributed by atoms with E-state index in [1.54, 1.807) is 28.9 Å². The van der Waals surface area contributed by atoms with Gasteiger partial charge in [0, 0.05) is 22.7 Å². The summed E-state index contributed by atoms with van der Waals surface area (Å²) in [5.41, 5.74) is 3.58. The van der Waals surface area contributed by atoms with Crippen molar-refractivity contribution in [3.8, 4) is 17.1 Å². The summed E-state index contributed by atoms with van der Waals surface area (Å²) >= 11 is 6.57. The molecule has 2 aromatic carbocycles. The van der Waals surface area contributed by atoms with Crippen LogP contribution in [-0.2, 0) is 15.4 Å². The maximum absolute atomic E-state index is 12.7. The minimum atomic E-state index is -3.42. The van der Waals surface area contributed by atoms with Gasteiger partial charge in [-0.15, -0.1) is 5.10 Å². The van der Waals surface area contributed by atoms with Crippen LogP contribution in [-0.4, -0.2) is 40.7 Å². The quantitative estimate of drug-likeness (QED) is 0.0556. The molecule has 0 aliphatic heterocycles. The summed E-state index contributed by atoms with van der Waals surface area (Å²) in [4.78, 5) is 4.63. The first kappa shape index (κ1) is 37.6. The number of halogens is 1. The van der Waals surface area contributed by atoms with E-state index >= 15 is 0 Å². The van der Waals surface area contributed by atoms with Crippen LogP contribution >= 0.6 is 11.6 Å². The maximum Gasteiger partial charge on any atom is 0.232 e. The Morgan fingerprint density at radius 1 is 0.833 bits per heavy atom. The fourth-order valence-corrected chi connectivity index (χ4v) is 7.34. The van der Waals surface area contributed by atoms with Gasteiger partial charge in [0.05, 0.1) is 17.1 Å². The number of ether oxygens (including phenoxy) is 1. The van der Waals surface area contributed by atoms with E-state index in [1.807, 2.05) is 24.3 Å². The molecule has 0 unspecified atom stereocenters. The van der Waals surface area contributed by atoms with Crippen molar-refractivity contribution in [1.82, 2.24) is 19.8 Å². The Morgan fingerprint density at radius 3 is 2.02 bits per heavy atom. The summed E-state index contributed by atoms with van der Waals surface area (Å²) in [5.74, 6) is 1.28. The van der Waals surface area contributed by atoms with Gasteiger partial charge in [-0.2, -0.15) is 4.63 Å².